The first kappa shape index (κ1) is 11.2. The van der Waals surface area contributed by atoms with E-state index in [-0.39, 0.29) is 0 Å². The van der Waals surface area contributed by atoms with Gasteiger partial charge in [-0.15, -0.1) is 22.7 Å². The molecule has 0 aromatic carbocycles. The smallest absolute Gasteiger partial charge is 0.0517 e. The van der Waals surface area contributed by atoms with Crippen molar-refractivity contribution in [2.24, 2.45) is 0 Å². The topological polar surface area (TPSA) is 0 Å². The van der Waals surface area contributed by atoms with Gasteiger partial charge in [0, 0.05) is 9.75 Å². The fourth-order valence-corrected chi connectivity index (χ4v) is 4.20. The SMILES string of the molecule is CC(C)=Cc1cc(C2CC2)sc1-c1cccs1. The van der Waals surface area contributed by atoms with Crippen LogP contribution in [0.15, 0.2) is 29.2 Å². The van der Waals surface area contributed by atoms with Gasteiger partial charge in [-0.05, 0) is 55.7 Å². The summed E-state index contributed by atoms with van der Waals surface area (Å²) in [5.74, 6) is 0.859. The predicted octanol–water partition coefficient (Wildman–Crippen LogP) is 5.78. The summed E-state index contributed by atoms with van der Waals surface area (Å²) in [4.78, 5) is 4.46. The second kappa shape index (κ2) is 4.43. The van der Waals surface area contributed by atoms with E-state index in [1.54, 1.807) is 4.88 Å². The monoisotopic (exact) mass is 260 g/mol. The molecule has 1 saturated carbocycles. The molecule has 0 spiro atoms. The van der Waals surface area contributed by atoms with E-state index in [0.29, 0.717) is 0 Å². The fraction of sp³-hybridized carbons (Fsp3) is 0.333. The molecule has 88 valence electrons. The van der Waals surface area contributed by atoms with E-state index in [1.165, 1.54) is 33.7 Å². The molecule has 0 bridgehead atoms. The van der Waals surface area contributed by atoms with Crippen LogP contribution in [0.3, 0.4) is 0 Å². The maximum absolute atomic E-state index is 2.41. The molecule has 3 rings (SSSR count). The van der Waals surface area contributed by atoms with E-state index in [4.69, 9.17) is 0 Å². The number of thiophene rings is 2. The fourth-order valence-electron chi connectivity index (χ4n) is 2.01. The van der Waals surface area contributed by atoms with Gasteiger partial charge in [0.15, 0.2) is 0 Å². The predicted molar refractivity (Wildman–Crippen MR) is 78.9 cm³/mol. The van der Waals surface area contributed by atoms with Gasteiger partial charge in [0.05, 0.1) is 4.88 Å². The Morgan fingerprint density at radius 1 is 1.35 bits per heavy atom. The van der Waals surface area contributed by atoms with Crippen molar-refractivity contribution in [3.05, 3.63) is 39.6 Å². The summed E-state index contributed by atoms with van der Waals surface area (Å²) < 4.78 is 0. The molecule has 0 N–H and O–H groups in total. The minimum absolute atomic E-state index is 0.859. The largest absolute Gasteiger partial charge is 0.143 e. The third kappa shape index (κ3) is 2.38. The molecule has 0 atom stereocenters. The van der Waals surface area contributed by atoms with E-state index < -0.39 is 0 Å². The average molecular weight is 260 g/mol. The highest BCUT2D eigenvalue weighted by Gasteiger charge is 2.26. The van der Waals surface area contributed by atoms with Crippen molar-refractivity contribution in [1.82, 2.24) is 0 Å². The van der Waals surface area contributed by atoms with Gasteiger partial charge in [0.1, 0.15) is 0 Å². The lowest BCUT2D eigenvalue weighted by atomic mass is 10.1. The Balaban J connectivity index is 2.08. The highest BCUT2D eigenvalue weighted by Crippen LogP contribution is 2.47. The van der Waals surface area contributed by atoms with Crippen LogP contribution >= 0.6 is 22.7 Å². The van der Waals surface area contributed by atoms with Crippen molar-refractivity contribution in [3.63, 3.8) is 0 Å². The van der Waals surface area contributed by atoms with Crippen LogP contribution in [0.5, 0.6) is 0 Å². The van der Waals surface area contributed by atoms with Gasteiger partial charge in [-0.2, -0.15) is 0 Å². The van der Waals surface area contributed by atoms with Gasteiger partial charge in [0.25, 0.3) is 0 Å². The highest BCUT2D eigenvalue weighted by atomic mass is 32.1. The minimum atomic E-state index is 0.859. The van der Waals surface area contributed by atoms with Crippen LogP contribution in [-0.4, -0.2) is 0 Å². The molecule has 0 saturated heterocycles. The first-order valence-electron chi connectivity index (χ1n) is 6.06. The first-order chi connectivity index (χ1) is 8.24. The van der Waals surface area contributed by atoms with E-state index in [1.807, 2.05) is 22.7 Å². The quantitative estimate of drug-likeness (QED) is 0.656. The maximum Gasteiger partial charge on any atom is 0.0517 e. The summed E-state index contributed by atoms with van der Waals surface area (Å²) >= 11 is 3.84. The number of hydrogen-bond acceptors (Lipinski definition) is 2. The van der Waals surface area contributed by atoms with Crippen LogP contribution in [0.1, 0.15) is 43.0 Å². The molecule has 1 fully saturated rings. The van der Waals surface area contributed by atoms with Crippen LogP contribution in [0.4, 0.5) is 0 Å². The lowest BCUT2D eigenvalue weighted by Crippen LogP contribution is -1.72. The molecule has 2 heteroatoms. The van der Waals surface area contributed by atoms with E-state index in [2.05, 4.69) is 43.5 Å². The molecule has 2 aromatic rings. The van der Waals surface area contributed by atoms with Crippen molar-refractivity contribution in [2.45, 2.75) is 32.6 Å². The molecule has 1 aliphatic carbocycles. The molecule has 1 aliphatic rings. The Morgan fingerprint density at radius 3 is 2.76 bits per heavy atom. The second-order valence-electron chi connectivity index (χ2n) is 4.91. The Hall–Kier alpha value is -0.860. The van der Waals surface area contributed by atoms with Crippen LogP contribution in [0.2, 0.25) is 0 Å². The molecule has 0 aliphatic heterocycles. The standard InChI is InChI=1S/C15H16S2/c1-10(2)8-12-9-14(11-5-6-11)17-15(12)13-4-3-7-16-13/h3-4,7-9,11H,5-6H2,1-2H3. The lowest BCUT2D eigenvalue weighted by molar-refractivity contribution is 1.18. The van der Waals surface area contributed by atoms with E-state index in [0.717, 1.165) is 5.92 Å². The molecular weight excluding hydrogens is 244 g/mol. The Labute approximate surface area is 111 Å². The summed E-state index contributed by atoms with van der Waals surface area (Å²) in [5.41, 5.74) is 2.79. The van der Waals surface area contributed by atoms with Crippen molar-refractivity contribution in [1.29, 1.82) is 0 Å². The number of rotatable bonds is 3. The van der Waals surface area contributed by atoms with Gasteiger partial charge in [-0.1, -0.05) is 17.7 Å². The van der Waals surface area contributed by atoms with Crippen LogP contribution < -0.4 is 0 Å². The lowest BCUT2D eigenvalue weighted by Gasteiger charge is -1.96. The summed E-state index contributed by atoms with van der Waals surface area (Å²) in [5, 5.41) is 2.16. The van der Waals surface area contributed by atoms with E-state index >= 15 is 0 Å². The third-order valence-corrected chi connectivity index (χ3v) is 5.31. The Morgan fingerprint density at radius 2 is 2.18 bits per heavy atom. The summed E-state index contributed by atoms with van der Waals surface area (Å²) in [6.45, 7) is 4.35. The Bertz CT molecular complexity index is 535. The second-order valence-corrected chi connectivity index (χ2v) is 6.94. The van der Waals surface area contributed by atoms with Gasteiger partial charge in [-0.25, -0.2) is 0 Å². The molecule has 0 amide bonds. The normalized spacial score (nSPS) is 14.9. The zero-order valence-electron chi connectivity index (χ0n) is 10.2. The van der Waals surface area contributed by atoms with Gasteiger partial charge in [0.2, 0.25) is 0 Å². The van der Waals surface area contributed by atoms with Crippen molar-refractivity contribution in [3.8, 4) is 9.75 Å². The summed E-state index contributed by atoms with van der Waals surface area (Å²) in [6.07, 6.45) is 5.09. The Kier molecular flexibility index (Phi) is 2.93. The van der Waals surface area contributed by atoms with Crippen molar-refractivity contribution < 1.29 is 0 Å². The first-order valence-corrected chi connectivity index (χ1v) is 7.76. The molecule has 2 heterocycles. The summed E-state index contributed by atoms with van der Waals surface area (Å²) in [7, 11) is 0. The molecule has 0 nitrogen and oxygen atoms in total. The highest BCUT2D eigenvalue weighted by molar-refractivity contribution is 7.21. The number of allylic oxidation sites excluding steroid dienone is 1. The van der Waals surface area contributed by atoms with Crippen LogP contribution in [-0.2, 0) is 0 Å². The number of hydrogen-bond donors (Lipinski definition) is 0. The van der Waals surface area contributed by atoms with E-state index in [9.17, 15) is 0 Å². The minimum Gasteiger partial charge on any atom is -0.143 e. The maximum atomic E-state index is 2.41. The van der Waals surface area contributed by atoms with Crippen LogP contribution in [0, 0.1) is 0 Å². The third-order valence-electron chi connectivity index (χ3n) is 2.95. The van der Waals surface area contributed by atoms with Crippen molar-refractivity contribution >= 4 is 28.7 Å². The average Bonchev–Trinajstić information content (AvgIpc) is 2.84. The molecule has 0 unspecified atom stereocenters. The van der Waals surface area contributed by atoms with Gasteiger partial charge < -0.3 is 0 Å². The van der Waals surface area contributed by atoms with Gasteiger partial charge in [-0.3, -0.25) is 0 Å². The summed E-state index contributed by atoms with van der Waals surface area (Å²) in [6, 6.07) is 6.78. The molecule has 0 radical (unpaired) electrons. The molecular formula is C15H16S2. The molecule has 17 heavy (non-hydrogen) atoms. The zero-order valence-corrected chi connectivity index (χ0v) is 11.8. The van der Waals surface area contributed by atoms with Crippen LogP contribution in [0.25, 0.3) is 15.8 Å². The zero-order chi connectivity index (χ0) is 11.8. The van der Waals surface area contributed by atoms with Gasteiger partial charge >= 0.3 is 0 Å². The molecule has 2 aromatic heterocycles. The van der Waals surface area contributed by atoms with Crippen molar-refractivity contribution in [2.75, 3.05) is 0 Å².